The molecule has 3 rings (SSSR count). The van der Waals surface area contributed by atoms with Gasteiger partial charge in [0.1, 0.15) is 41.7 Å². The summed E-state index contributed by atoms with van der Waals surface area (Å²) in [6.45, 7) is 14.3. The van der Waals surface area contributed by atoms with Crippen molar-refractivity contribution in [3.05, 3.63) is 36.0 Å². The third kappa shape index (κ3) is 15.9. The van der Waals surface area contributed by atoms with E-state index in [0.717, 1.165) is 10.5 Å². The summed E-state index contributed by atoms with van der Waals surface area (Å²) in [5, 5.41) is 42.3. The van der Waals surface area contributed by atoms with Gasteiger partial charge >= 0.3 is 11.9 Å². The number of hydrogen-bond acceptors (Lipinski definition) is 16. The summed E-state index contributed by atoms with van der Waals surface area (Å²) >= 11 is 0. The van der Waals surface area contributed by atoms with Gasteiger partial charge in [-0.1, -0.05) is 59.9 Å². The lowest BCUT2D eigenvalue weighted by Gasteiger charge is -2.42. The van der Waals surface area contributed by atoms with Crippen molar-refractivity contribution < 1.29 is 77.6 Å². The van der Waals surface area contributed by atoms with Crippen molar-refractivity contribution in [2.24, 2.45) is 29.1 Å². The van der Waals surface area contributed by atoms with Crippen LogP contribution in [0.1, 0.15) is 133 Å². The number of Topliss-reactive ketones (excluding diaryl/α,β-unsaturated/α-hetero) is 3. The van der Waals surface area contributed by atoms with Crippen molar-refractivity contribution in [2.45, 2.75) is 187 Å². The lowest BCUT2D eigenvalue weighted by Crippen LogP contribution is -2.61. The minimum Gasteiger partial charge on any atom is -0.460 e. The van der Waals surface area contributed by atoms with Crippen LogP contribution in [0.3, 0.4) is 0 Å². The zero-order valence-electron chi connectivity index (χ0n) is 42.1. The summed E-state index contributed by atoms with van der Waals surface area (Å²) < 4.78 is 34.7. The van der Waals surface area contributed by atoms with Crippen LogP contribution in [-0.4, -0.2) is 156 Å². The van der Waals surface area contributed by atoms with Gasteiger partial charge in [0.2, 0.25) is 5.79 Å². The number of carbonyl (C=O) groups excluding carboxylic acids is 6. The Kier molecular flexibility index (Phi) is 25.3. The highest BCUT2D eigenvalue weighted by Gasteiger charge is 2.53. The van der Waals surface area contributed by atoms with Gasteiger partial charge < -0.3 is 53.7 Å². The number of amides is 1. The van der Waals surface area contributed by atoms with Crippen LogP contribution in [0.5, 0.6) is 0 Å². The topological polar surface area (TPSA) is 242 Å². The highest BCUT2D eigenvalue weighted by Crippen LogP contribution is 2.38. The number of ketones is 3. The SMILES string of the molecule is C.C=C/C=C(\C)[C@@H](CC1CC[C@H](C)[C@@](O)(C(=O)C(=O)N2CCCC[C@@H]2C(=O)O[C@@H](CC(=O)[C@@H](C)/C=C(\C)[C@H](O)[C@@H](OC)C(=O)CC)[C@@H](C)C[C@@H]2CC[C@H](OC(=O)C(C)(CO)CO)C(OC)C2)O1)OC. The van der Waals surface area contributed by atoms with Crippen molar-refractivity contribution in [3.63, 3.8) is 0 Å². The number of aliphatic hydroxyl groups excluding tert-OH is 3. The highest BCUT2D eigenvalue weighted by molar-refractivity contribution is 6.39. The zero-order valence-corrected chi connectivity index (χ0v) is 42.1. The second kappa shape index (κ2) is 28.4. The second-order valence-corrected chi connectivity index (χ2v) is 19.6. The number of nitrogens with zero attached hydrogens (tertiary/aromatic N) is 1. The molecule has 0 radical (unpaired) electrons. The van der Waals surface area contributed by atoms with E-state index in [2.05, 4.69) is 6.58 Å². The lowest BCUT2D eigenvalue weighted by atomic mass is 9.78. The Morgan fingerprint density at radius 3 is 2.16 bits per heavy atom. The number of piperidine rings is 1. The van der Waals surface area contributed by atoms with Crippen LogP contribution >= 0.6 is 0 Å². The average molecular weight is 980 g/mol. The van der Waals surface area contributed by atoms with Crippen LogP contribution in [-0.2, 0) is 57.2 Å². The molecule has 1 saturated carbocycles. The first kappa shape index (κ1) is 61.4. The third-order valence-electron chi connectivity index (χ3n) is 14.4. The smallest absolute Gasteiger partial charge is 0.329 e. The van der Waals surface area contributed by atoms with Crippen molar-refractivity contribution in [2.75, 3.05) is 41.1 Å². The summed E-state index contributed by atoms with van der Waals surface area (Å²) in [5.41, 5.74) is -0.260. The second-order valence-electron chi connectivity index (χ2n) is 19.6. The predicted molar refractivity (Wildman–Crippen MR) is 257 cm³/mol. The largest absolute Gasteiger partial charge is 0.460 e. The van der Waals surface area contributed by atoms with Crippen molar-refractivity contribution in [3.8, 4) is 0 Å². The van der Waals surface area contributed by atoms with E-state index in [9.17, 15) is 49.2 Å². The number of rotatable bonds is 26. The molecule has 2 aliphatic heterocycles. The molecule has 0 aromatic carbocycles. The Hall–Kier alpha value is -3.68. The first-order chi connectivity index (χ1) is 32.1. The normalized spacial score (nSPS) is 27.4. The molecule has 3 aliphatic rings. The number of ether oxygens (including phenoxy) is 6. The monoisotopic (exact) mass is 980 g/mol. The van der Waals surface area contributed by atoms with Crippen molar-refractivity contribution in [1.29, 1.82) is 0 Å². The van der Waals surface area contributed by atoms with Gasteiger partial charge in [-0.15, -0.1) is 0 Å². The molecule has 0 bridgehead atoms. The molecule has 17 nitrogen and oxygen atoms in total. The first-order valence-corrected chi connectivity index (χ1v) is 24.3. The van der Waals surface area contributed by atoms with E-state index < -0.39 is 108 Å². The first-order valence-electron chi connectivity index (χ1n) is 24.3. The molecule has 1 amide bonds. The maximum atomic E-state index is 14.4. The molecular formula is C52H85NO16. The van der Waals surface area contributed by atoms with Gasteiger partial charge in [-0.25, -0.2) is 4.79 Å². The van der Waals surface area contributed by atoms with Gasteiger partial charge in [0.15, 0.2) is 5.78 Å². The van der Waals surface area contributed by atoms with Gasteiger partial charge in [0.25, 0.3) is 11.7 Å². The predicted octanol–water partition coefficient (Wildman–Crippen LogP) is 5.17. The number of hydrogen-bond donors (Lipinski definition) is 4. The minimum absolute atomic E-state index is 0. The quantitative estimate of drug-likeness (QED) is 0.0378. The maximum Gasteiger partial charge on any atom is 0.329 e. The molecule has 2 saturated heterocycles. The molecule has 69 heavy (non-hydrogen) atoms. The molecule has 13 atom stereocenters. The summed E-state index contributed by atoms with van der Waals surface area (Å²) in [7, 11) is 4.37. The van der Waals surface area contributed by atoms with Crippen LogP contribution in [0.4, 0.5) is 0 Å². The molecular weight excluding hydrogens is 895 g/mol. The molecule has 17 heteroatoms. The molecule has 0 spiro atoms. The fraction of sp³-hybridized carbons (Fsp3) is 0.769. The van der Waals surface area contributed by atoms with Crippen LogP contribution in [0.2, 0.25) is 0 Å². The fourth-order valence-corrected chi connectivity index (χ4v) is 9.56. The van der Waals surface area contributed by atoms with E-state index in [1.165, 1.54) is 21.1 Å². The van der Waals surface area contributed by atoms with E-state index in [4.69, 9.17) is 28.4 Å². The zero-order chi connectivity index (χ0) is 51.1. The van der Waals surface area contributed by atoms with E-state index in [1.54, 1.807) is 53.0 Å². The molecule has 394 valence electrons. The number of methoxy groups -OCH3 is 3. The van der Waals surface area contributed by atoms with Crippen molar-refractivity contribution in [1.82, 2.24) is 4.90 Å². The van der Waals surface area contributed by atoms with Gasteiger partial charge in [-0.3, -0.25) is 24.0 Å². The number of aliphatic hydroxyl groups is 4. The molecule has 4 N–H and O–H groups in total. The summed E-state index contributed by atoms with van der Waals surface area (Å²) in [6, 6.07) is -1.20. The van der Waals surface area contributed by atoms with Crippen LogP contribution in [0, 0.1) is 29.1 Å². The minimum atomic E-state index is -2.46. The van der Waals surface area contributed by atoms with Crippen LogP contribution in [0.15, 0.2) is 36.0 Å². The van der Waals surface area contributed by atoms with Crippen LogP contribution in [0.25, 0.3) is 0 Å². The molecule has 3 fully saturated rings. The summed E-state index contributed by atoms with van der Waals surface area (Å²) in [5.74, 6) is -8.87. The summed E-state index contributed by atoms with van der Waals surface area (Å²) in [6.07, 6.45) is 3.62. The standard InChI is InChI=1S/C51H81NO16.CH4/c1-12-16-30(3)41(63-9)26-36-20-18-34(7)51(62,68-36)46(58)47(59)52-22-15-14-17-37(52)48(60)66-42(27-39(56)31(4)23-33(6)44(57)45(65-11)38(55)13-2)32(5)24-35-19-21-40(43(25-35)64-10)67-49(61)50(8,28-53)29-54;/h12,16,23,31-32,34-37,40-45,53-54,57,62H,1,13-15,17-22,24-29H2,2-11H3;1H4/b30-16+,33-23+;/t31-,32-,34-,35-,36?,37+,40-,41+,42-,43?,44-,45-,51-;/m0./s1. The molecule has 2 heterocycles. The van der Waals surface area contributed by atoms with E-state index in [1.807, 2.05) is 13.8 Å². The lowest BCUT2D eigenvalue weighted by molar-refractivity contribution is -0.265. The van der Waals surface area contributed by atoms with Crippen molar-refractivity contribution >= 4 is 35.2 Å². The van der Waals surface area contributed by atoms with E-state index >= 15 is 0 Å². The third-order valence-corrected chi connectivity index (χ3v) is 14.4. The van der Waals surface area contributed by atoms with Gasteiger partial charge in [-0.2, -0.15) is 0 Å². The van der Waals surface area contributed by atoms with Gasteiger partial charge in [0.05, 0.1) is 31.5 Å². The Labute approximate surface area is 410 Å². The number of carbonyl (C=O) groups is 6. The molecule has 2 unspecified atom stereocenters. The fourth-order valence-electron chi connectivity index (χ4n) is 9.56. The van der Waals surface area contributed by atoms with Crippen LogP contribution < -0.4 is 0 Å². The number of allylic oxidation sites excluding steroid dienone is 3. The molecule has 0 aromatic heterocycles. The van der Waals surface area contributed by atoms with Gasteiger partial charge in [-0.05, 0) is 102 Å². The highest BCUT2D eigenvalue weighted by atomic mass is 16.6. The maximum absolute atomic E-state index is 14.4. The van der Waals surface area contributed by atoms with Gasteiger partial charge in [0, 0.05) is 59.0 Å². The number of esters is 2. The van der Waals surface area contributed by atoms with E-state index in [-0.39, 0.29) is 56.8 Å². The average Bonchev–Trinajstić information content (AvgIpc) is 3.33. The Morgan fingerprint density at radius 1 is 0.913 bits per heavy atom. The molecule has 1 aliphatic carbocycles. The summed E-state index contributed by atoms with van der Waals surface area (Å²) in [4.78, 5) is 83.4. The molecule has 0 aromatic rings. The Balaban J connectivity index is 0.0000163. The number of likely N-dealkylation sites (tertiary alicyclic amines) is 1. The van der Waals surface area contributed by atoms with E-state index in [0.29, 0.717) is 63.4 Å². The Morgan fingerprint density at radius 2 is 1.58 bits per heavy atom. The Bertz CT molecular complexity index is 1790.